The Morgan fingerprint density at radius 1 is 0.358 bits per heavy atom. The zero-order chi connectivity index (χ0) is 54.8. The van der Waals surface area contributed by atoms with Crippen LogP contribution in [0.1, 0.15) is 72.2 Å². The molecule has 0 unspecified atom stereocenters. The summed E-state index contributed by atoms with van der Waals surface area (Å²) in [6, 6.07) is 85.8. The fraction of sp³-hybridized carbons (Fsp3) is 0.132. The number of aryl methyl sites for hydroxylation is 4. The number of para-hydroxylation sites is 2. The van der Waals surface area contributed by atoms with Gasteiger partial charge in [0.25, 0.3) is 6.71 Å². The van der Waals surface area contributed by atoms with E-state index in [0.29, 0.717) is 0 Å². The lowest BCUT2D eigenvalue weighted by Crippen LogP contribution is -2.63. The number of hydrogen-bond donors (Lipinski definition) is 0. The van der Waals surface area contributed by atoms with Crippen LogP contribution in [0.3, 0.4) is 0 Å². The van der Waals surface area contributed by atoms with Crippen LogP contribution in [0.25, 0.3) is 49.7 Å². The van der Waals surface area contributed by atoms with E-state index in [9.17, 15) is 0 Å². The molecule has 0 saturated heterocycles. The van der Waals surface area contributed by atoms with Crippen molar-refractivity contribution in [3.63, 3.8) is 0 Å². The van der Waals surface area contributed by atoms with Gasteiger partial charge in [0.15, 0.2) is 0 Å². The molecule has 0 N–H and O–H groups in total. The highest BCUT2D eigenvalue weighted by atomic mass is 15.2. The Bertz CT molecular complexity index is 4530. The fourth-order valence-corrected chi connectivity index (χ4v) is 15.0. The van der Waals surface area contributed by atoms with Crippen molar-refractivity contribution in [3.8, 4) is 27.9 Å². The molecule has 0 fully saturated rings. The molecule has 2 aliphatic heterocycles. The summed E-state index contributed by atoms with van der Waals surface area (Å²) in [7, 11) is 0. The van der Waals surface area contributed by atoms with Crippen molar-refractivity contribution in [1.82, 2.24) is 4.57 Å². The van der Waals surface area contributed by atoms with Crippen molar-refractivity contribution in [2.24, 2.45) is 0 Å². The van der Waals surface area contributed by atoms with Crippen LogP contribution in [0.2, 0.25) is 0 Å². The molecule has 0 atom stereocenters. The molecule has 0 amide bonds. The van der Waals surface area contributed by atoms with Crippen LogP contribution in [-0.4, -0.2) is 11.3 Å². The number of fused-ring (bicyclic) bond motifs is 14. The van der Waals surface area contributed by atoms with Crippen LogP contribution in [0.15, 0.2) is 224 Å². The van der Waals surface area contributed by atoms with E-state index in [1.807, 2.05) is 0 Å². The van der Waals surface area contributed by atoms with Crippen molar-refractivity contribution >= 4 is 96.1 Å². The molecule has 11 aromatic carbocycles. The molecular formula is C76H61BN4. The fourth-order valence-electron chi connectivity index (χ4n) is 15.0. The van der Waals surface area contributed by atoms with Gasteiger partial charge in [-0.1, -0.05) is 177 Å². The maximum atomic E-state index is 2.65. The Morgan fingerprint density at radius 2 is 0.840 bits per heavy atom. The third-order valence-electron chi connectivity index (χ3n) is 18.7. The molecule has 0 bridgehead atoms. The summed E-state index contributed by atoms with van der Waals surface area (Å²) in [5.74, 6) is 0. The summed E-state index contributed by atoms with van der Waals surface area (Å²) in [5, 5.41) is 2.55. The summed E-state index contributed by atoms with van der Waals surface area (Å²) in [6.45, 7) is 18.5. The molecule has 0 spiro atoms. The van der Waals surface area contributed by atoms with Crippen molar-refractivity contribution in [3.05, 3.63) is 269 Å². The molecule has 1 aromatic heterocycles. The van der Waals surface area contributed by atoms with Gasteiger partial charge in [0, 0.05) is 72.7 Å². The van der Waals surface area contributed by atoms with E-state index in [4.69, 9.17) is 0 Å². The second-order valence-electron chi connectivity index (χ2n) is 24.4. The predicted octanol–water partition coefficient (Wildman–Crippen LogP) is 18.2. The maximum absolute atomic E-state index is 2.65. The summed E-state index contributed by atoms with van der Waals surface area (Å²) >= 11 is 0. The largest absolute Gasteiger partial charge is 0.311 e. The predicted molar refractivity (Wildman–Crippen MR) is 344 cm³/mol. The van der Waals surface area contributed by atoms with Gasteiger partial charge in [-0.15, -0.1) is 0 Å². The molecule has 3 heterocycles. The smallest absolute Gasteiger partial charge is 0.252 e. The summed E-state index contributed by atoms with van der Waals surface area (Å²) in [6.07, 6.45) is 0. The molecule has 81 heavy (non-hydrogen) atoms. The third-order valence-corrected chi connectivity index (χ3v) is 18.7. The number of rotatable bonds is 6. The Labute approximate surface area is 475 Å². The van der Waals surface area contributed by atoms with E-state index in [-0.39, 0.29) is 12.1 Å². The first kappa shape index (κ1) is 47.7. The highest BCUT2D eigenvalue weighted by Gasteiger charge is 2.51. The van der Waals surface area contributed by atoms with Crippen molar-refractivity contribution < 1.29 is 0 Å². The lowest BCUT2D eigenvalue weighted by Gasteiger charge is -2.47. The van der Waals surface area contributed by atoms with Crippen LogP contribution in [-0.2, 0) is 10.8 Å². The highest BCUT2D eigenvalue weighted by molar-refractivity contribution is 7.01. The summed E-state index contributed by atoms with van der Waals surface area (Å²) in [5.41, 5.74) is 33.0. The van der Waals surface area contributed by atoms with E-state index in [1.165, 1.54) is 128 Å². The monoisotopic (exact) mass is 1040 g/mol. The third kappa shape index (κ3) is 6.72. The van der Waals surface area contributed by atoms with Crippen LogP contribution in [0.5, 0.6) is 0 Å². The normalized spacial score (nSPS) is 14.5. The van der Waals surface area contributed by atoms with Gasteiger partial charge >= 0.3 is 0 Å². The van der Waals surface area contributed by atoms with Gasteiger partial charge < -0.3 is 19.3 Å². The second kappa shape index (κ2) is 17.1. The van der Waals surface area contributed by atoms with Gasteiger partial charge in [-0.25, -0.2) is 0 Å². The van der Waals surface area contributed by atoms with Crippen LogP contribution in [0.4, 0.5) is 51.2 Å². The lowest BCUT2D eigenvalue weighted by atomic mass is 9.32. The Hall–Kier alpha value is -9.32. The van der Waals surface area contributed by atoms with Crippen LogP contribution < -0.4 is 31.1 Å². The number of anilines is 9. The molecule has 12 aromatic rings. The first-order valence-corrected chi connectivity index (χ1v) is 28.8. The average molecular weight is 1040 g/mol. The Morgan fingerprint density at radius 3 is 1.41 bits per heavy atom. The SMILES string of the molecule is Cc1ccc(N2c3cc4c(cc3B3c5c2cc(N(c2ccccc2)c2ccccc2)cc5N(c2ccc(C)cc2)c2cc(-n5c6ccc(C)cc6c6cc(C)ccc65)c5c(c23)C(C)(C)c2ccccc2-5)-c2ccccc2C4(C)C)cc1. The van der Waals surface area contributed by atoms with E-state index in [1.54, 1.807) is 0 Å². The molecular weight excluding hydrogens is 980 g/mol. The van der Waals surface area contributed by atoms with E-state index in [2.05, 4.69) is 299 Å². The number of hydrogen-bond acceptors (Lipinski definition) is 3. The van der Waals surface area contributed by atoms with Gasteiger partial charge in [0.2, 0.25) is 0 Å². The van der Waals surface area contributed by atoms with Crippen LogP contribution >= 0.6 is 0 Å². The minimum Gasteiger partial charge on any atom is -0.311 e. The molecule has 2 aliphatic carbocycles. The number of nitrogens with zero attached hydrogens (tertiary/aromatic N) is 4. The number of aromatic nitrogens is 1. The maximum Gasteiger partial charge on any atom is 0.252 e. The topological polar surface area (TPSA) is 14.7 Å². The summed E-state index contributed by atoms with van der Waals surface area (Å²) < 4.78 is 2.61. The van der Waals surface area contributed by atoms with Gasteiger partial charge in [0.05, 0.1) is 22.4 Å². The molecule has 0 saturated carbocycles. The van der Waals surface area contributed by atoms with Crippen molar-refractivity contribution in [2.45, 2.75) is 66.2 Å². The minimum absolute atomic E-state index is 0.166. The van der Waals surface area contributed by atoms with Gasteiger partial charge in [-0.3, -0.25) is 0 Å². The van der Waals surface area contributed by atoms with Crippen molar-refractivity contribution in [1.29, 1.82) is 0 Å². The van der Waals surface area contributed by atoms with Gasteiger partial charge in [0.1, 0.15) is 0 Å². The van der Waals surface area contributed by atoms with Crippen molar-refractivity contribution in [2.75, 3.05) is 14.7 Å². The minimum atomic E-state index is -0.397. The van der Waals surface area contributed by atoms with E-state index < -0.39 is 5.41 Å². The summed E-state index contributed by atoms with van der Waals surface area (Å²) in [4.78, 5) is 7.72. The molecule has 4 aliphatic rings. The second-order valence-corrected chi connectivity index (χ2v) is 24.4. The van der Waals surface area contributed by atoms with Crippen LogP contribution in [0, 0.1) is 27.7 Å². The first-order valence-electron chi connectivity index (χ1n) is 28.8. The van der Waals surface area contributed by atoms with Gasteiger partial charge in [-0.2, -0.15) is 0 Å². The quantitative estimate of drug-likeness (QED) is 0.154. The first-order chi connectivity index (χ1) is 39.3. The average Bonchev–Trinajstić information content (AvgIpc) is 4.21. The lowest BCUT2D eigenvalue weighted by molar-refractivity contribution is 0.660. The Kier molecular flexibility index (Phi) is 10.1. The number of benzene rings is 11. The highest BCUT2D eigenvalue weighted by Crippen LogP contribution is 2.58. The molecule has 4 nitrogen and oxygen atoms in total. The van der Waals surface area contributed by atoms with Gasteiger partial charge in [-0.05, 0) is 180 Å². The molecule has 5 heteroatoms. The molecule has 388 valence electrons. The Balaban J connectivity index is 1.12. The van der Waals surface area contributed by atoms with E-state index in [0.717, 1.165) is 34.1 Å². The standard InChI is InChI=1S/C76H61BN4/c1-46-27-33-52(34-28-46)79-66-44-62-57(55-23-15-17-25-60(55)75(62,5)6)43-63(66)77-73-68(79)41-54(78(50-19-11-9-12-20-50)51-21-13-10-14-22-51)42-69(73)80(53-35-29-47(2)30-36-53)70-45-67(71-56-24-16-18-26-61(56)76(7,8)72(71)74(70)77)81-64-37-31-48(3)39-58(64)59-40-49(4)32-38-65(59)81/h9-45H,1-8H3. The van der Waals surface area contributed by atoms with E-state index >= 15 is 0 Å². The zero-order valence-electron chi connectivity index (χ0n) is 47.2. The zero-order valence-corrected chi connectivity index (χ0v) is 47.2. The molecule has 16 rings (SSSR count). The molecule has 0 radical (unpaired) electrons.